The first-order valence-corrected chi connectivity index (χ1v) is 11.1. The SMILES string of the molecule is Cc1[nH]ncc1C1CCN(C(=O)c2cn(Cc3ccccc3)c3ccccc3c2=O)CC1. The quantitative estimate of drug-likeness (QED) is 0.534. The summed E-state index contributed by atoms with van der Waals surface area (Å²) in [5.74, 6) is 0.217. The molecule has 0 unspecified atom stereocenters. The van der Waals surface area contributed by atoms with Crippen molar-refractivity contribution >= 4 is 16.8 Å². The van der Waals surface area contributed by atoms with E-state index in [0.29, 0.717) is 30.9 Å². The van der Waals surface area contributed by atoms with Crippen molar-refractivity contribution in [1.82, 2.24) is 19.7 Å². The molecule has 5 rings (SSSR count). The molecule has 1 aliphatic heterocycles. The summed E-state index contributed by atoms with van der Waals surface area (Å²) in [7, 11) is 0. The molecule has 0 radical (unpaired) electrons. The maximum absolute atomic E-state index is 13.4. The smallest absolute Gasteiger partial charge is 0.259 e. The molecule has 6 nitrogen and oxygen atoms in total. The van der Waals surface area contributed by atoms with Crippen molar-refractivity contribution in [1.29, 1.82) is 0 Å². The van der Waals surface area contributed by atoms with Gasteiger partial charge in [-0.15, -0.1) is 0 Å². The predicted molar refractivity (Wildman–Crippen MR) is 125 cm³/mol. The number of aryl methyl sites for hydroxylation is 1. The van der Waals surface area contributed by atoms with Gasteiger partial charge < -0.3 is 9.47 Å². The summed E-state index contributed by atoms with van der Waals surface area (Å²) >= 11 is 0. The van der Waals surface area contributed by atoms with Gasteiger partial charge in [-0.3, -0.25) is 14.7 Å². The number of para-hydroxylation sites is 1. The third-order valence-corrected chi connectivity index (χ3v) is 6.50. The Balaban J connectivity index is 1.45. The minimum Gasteiger partial charge on any atom is -0.342 e. The Morgan fingerprint density at radius 3 is 2.50 bits per heavy atom. The van der Waals surface area contributed by atoms with Crippen LogP contribution in [0.3, 0.4) is 0 Å². The van der Waals surface area contributed by atoms with Gasteiger partial charge in [-0.25, -0.2) is 0 Å². The number of fused-ring (bicyclic) bond motifs is 1. The van der Waals surface area contributed by atoms with Crippen LogP contribution in [0.5, 0.6) is 0 Å². The van der Waals surface area contributed by atoms with Crippen LogP contribution < -0.4 is 5.43 Å². The number of carbonyl (C=O) groups is 1. The van der Waals surface area contributed by atoms with Crippen LogP contribution in [0.4, 0.5) is 0 Å². The molecule has 6 heteroatoms. The Morgan fingerprint density at radius 2 is 1.78 bits per heavy atom. The zero-order valence-electron chi connectivity index (χ0n) is 18.1. The lowest BCUT2D eigenvalue weighted by Crippen LogP contribution is -2.40. The van der Waals surface area contributed by atoms with Crippen molar-refractivity contribution in [2.45, 2.75) is 32.2 Å². The van der Waals surface area contributed by atoms with E-state index in [0.717, 1.165) is 29.6 Å². The van der Waals surface area contributed by atoms with Crippen LogP contribution in [0, 0.1) is 6.92 Å². The van der Waals surface area contributed by atoms with Crippen LogP contribution in [0.15, 0.2) is 71.8 Å². The minimum absolute atomic E-state index is 0.176. The van der Waals surface area contributed by atoms with Gasteiger partial charge in [-0.2, -0.15) is 5.10 Å². The van der Waals surface area contributed by atoms with Gasteiger partial charge in [0.25, 0.3) is 5.91 Å². The van der Waals surface area contributed by atoms with Gasteiger partial charge in [0.15, 0.2) is 0 Å². The zero-order chi connectivity index (χ0) is 22.1. The number of amides is 1. The summed E-state index contributed by atoms with van der Waals surface area (Å²) in [6, 6.07) is 17.6. The monoisotopic (exact) mass is 426 g/mol. The molecule has 4 aromatic rings. The number of pyridine rings is 1. The molecule has 0 atom stereocenters. The Morgan fingerprint density at radius 1 is 1.06 bits per heavy atom. The highest BCUT2D eigenvalue weighted by molar-refractivity contribution is 5.97. The summed E-state index contributed by atoms with van der Waals surface area (Å²) in [5, 5.41) is 7.72. The number of carbonyl (C=O) groups excluding carboxylic acids is 1. The van der Waals surface area contributed by atoms with Crippen molar-refractivity contribution < 1.29 is 4.79 Å². The van der Waals surface area contributed by atoms with E-state index in [4.69, 9.17) is 0 Å². The molecule has 0 spiro atoms. The summed E-state index contributed by atoms with van der Waals surface area (Å²) in [6.07, 6.45) is 5.38. The lowest BCUT2D eigenvalue weighted by molar-refractivity contribution is 0.0711. The van der Waals surface area contributed by atoms with Crippen LogP contribution in [-0.2, 0) is 6.54 Å². The van der Waals surface area contributed by atoms with E-state index < -0.39 is 0 Å². The first-order chi connectivity index (χ1) is 15.6. The average Bonchev–Trinajstić information content (AvgIpc) is 3.27. The van der Waals surface area contributed by atoms with Gasteiger partial charge >= 0.3 is 0 Å². The topological polar surface area (TPSA) is 71.0 Å². The van der Waals surface area contributed by atoms with Gasteiger partial charge in [0.1, 0.15) is 5.56 Å². The first-order valence-electron chi connectivity index (χ1n) is 11.1. The zero-order valence-corrected chi connectivity index (χ0v) is 18.1. The molecule has 1 fully saturated rings. The molecule has 1 N–H and O–H groups in total. The highest BCUT2D eigenvalue weighted by Gasteiger charge is 2.28. The van der Waals surface area contributed by atoms with E-state index in [1.807, 2.05) is 65.1 Å². The molecule has 2 aromatic carbocycles. The predicted octanol–water partition coefficient (Wildman–Crippen LogP) is 4.10. The molecule has 1 aliphatic rings. The molecule has 3 heterocycles. The number of nitrogens with zero attached hydrogens (tertiary/aromatic N) is 3. The number of H-pyrrole nitrogens is 1. The second kappa shape index (κ2) is 8.46. The molecular weight excluding hydrogens is 400 g/mol. The van der Waals surface area contributed by atoms with Crippen molar-refractivity contribution in [2.75, 3.05) is 13.1 Å². The van der Waals surface area contributed by atoms with E-state index in [1.165, 1.54) is 5.56 Å². The number of aromatic amines is 1. The summed E-state index contributed by atoms with van der Waals surface area (Å²) < 4.78 is 2.01. The third-order valence-electron chi connectivity index (χ3n) is 6.50. The number of hydrogen-bond acceptors (Lipinski definition) is 3. The van der Waals surface area contributed by atoms with E-state index in [2.05, 4.69) is 22.3 Å². The Bertz CT molecular complexity index is 1310. The second-order valence-corrected chi connectivity index (χ2v) is 8.52. The van der Waals surface area contributed by atoms with Gasteiger partial charge in [-0.05, 0) is 48.9 Å². The highest BCUT2D eigenvalue weighted by atomic mass is 16.2. The maximum Gasteiger partial charge on any atom is 0.259 e. The molecule has 162 valence electrons. The minimum atomic E-state index is -0.192. The molecule has 32 heavy (non-hydrogen) atoms. The fraction of sp³-hybridized carbons (Fsp3) is 0.269. The van der Waals surface area contributed by atoms with E-state index in [-0.39, 0.29) is 16.9 Å². The number of nitrogens with one attached hydrogen (secondary N) is 1. The van der Waals surface area contributed by atoms with Crippen LogP contribution in [0.2, 0.25) is 0 Å². The lowest BCUT2D eigenvalue weighted by Gasteiger charge is -2.32. The molecular formula is C26H26N4O2. The van der Waals surface area contributed by atoms with E-state index in [9.17, 15) is 9.59 Å². The standard InChI is InChI=1S/C26H26N4O2/c1-18-22(15-27-28-18)20-11-13-29(14-12-20)26(32)23-17-30(16-19-7-3-2-4-8-19)24-10-6-5-9-21(24)25(23)31/h2-10,15,17,20H,11-14,16H2,1H3,(H,27,28). The van der Waals surface area contributed by atoms with Crippen molar-refractivity contribution in [3.05, 3.63) is 99.6 Å². The maximum atomic E-state index is 13.4. The summed E-state index contributed by atoms with van der Waals surface area (Å²) in [5.41, 5.74) is 4.34. The number of rotatable bonds is 4. The fourth-order valence-electron chi connectivity index (χ4n) is 4.74. The van der Waals surface area contributed by atoms with Crippen LogP contribution >= 0.6 is 0 Å². The normalized spacial score (nSPS) is 14.7. The lowest BCUT2D eigenvalue weighted by atomic mass is 9.89. The van der Waals surface area contributed by atoms with Crippen molar-refractivity contribution in [2.24, 2.45) is 0 Å². The Kier molecular flexibility index (Phi) is 5.35. The molecule has 0 bridgehead atoms. The summed E-state index contributed by atoms with van der Waals surface area (Å²) in [6.45, 7) is 3.91. The Labute approximate surface area is 186 Å². The number of aromatic nitrogens is 3. The van der Waals surface area contributed by atoms with Crippen molar-refractivity contribution in [3.8, 4) is 0 Å². The van der Waals surface area contributed by atoms with Crippen molar-refractivity contribution in [3.63, 3.8) is 0 Å². The van der Waals surface area contributed by atoms with E-state index in [1.54, 1.807) is 6.20 Å². The molecule has 1 saturated heterocycles. The van der Waals surface area contributed by atoms with Gasteiger partial charge in [0, 0.05) is 36.9 Å². The summed E-state index contributed by atoms with van der Waals surface area (Å²) in [4.78, 5) is 28.5. The van der Waals surface area contributed by atoms with Crippen LogP contribution in [-0.4, -0.2) is 38.7 Å². The first kappa shape index (κ1) is 20.2. The number of likely N-dealkylation sites (tertiary alicyclic amines) is 1. The number of hydrogen-bond donors (Lipinski definition) is 1. The van der Waals surface area contributed by atoms with Crippen LogP contribution in [0.1, 0.15) is 45.9 Å². The Hall–Kier alpha value is -3.67. The largest absolute Gasteiger partial charge is 0.342 e. The average molecular weight is 427 g/mol. The highest BCUT2D eigenvalue weighted by Crippen LogP contribution is 2.29. The van der Waals surface area contributed by atoms with Crippen LogP contribution in [0.25, 0.3) is 10.9 Å². The second-order valence-electron chi connectivity index (χ2n) is 8.52. The third kappa shape index (κ3) is 3.73. The van der Waals surface area contributed by atoms with Gasteiger partial charge in [0.2, 0.25) is 5.43 Å². The van der Waals surface area contributed by atoms with Gasteiger partial charge in [0.05, 0.1) is 11.7 Å². The van der Waals surface area contributed by atoms with E-state index >= 15 is 0 Å². The van der Waals surface area contributed by atoms with Gasteiger partial charge in [-0.1, -0.05) is 42.5 Å². The molecule has 0 aliphatic carbocycles. The fourth-order valence-corrected chi connectivity index (χ4v) is 4.74. The molecule has 1 amide bonds. The number of piperidine rings is 1. The molecule has 2 aromatic heterocycles. The molecule has 0 saturated carbocycles. The number of benzene rings is 2.